The number of rotatable bonds is 6. The average molecular weight is 665 g/mol. The van der Waals surface area contributed by atoms with Crippen molar-refractivity contribution in [2.45, 2.75) is 71.9 Å². The molecule has 3 heterocycles. The topological polar surface area (TPSA) is 147 Å². The van der Waals surface area contributed by atoms with E-state index in [1.807, 2.05) is 26.0 Å². The molecule has 6 rings (SSSR count). The van der Waals surface area contributed by atoms with Gasteiger partial charge in [0.25, 0.3) is 5.91 Å². The third kappa shape index (κ3) is 6.55. The van der Waals surface area contributed by atoms with Gasteiger partial charge in [0, 0.05) is 11.5 Å². The van der Waals surface area contributed by atoms with E-state index in [0.717, 1.165) is 37.1 Å². The monoisotopic (exact) mass is 664 g/mol. The number of amidine groups is 1. The van der Waals surface area contributed by atoms with Crippen molar-refractivity contribution in [3.63, 3.8) is 0 Å². The Morgan fingerprint density at radius 2 is 1.83 bits per heavy atom. The lowest BCUT2D eigenvalue weighted by atomic mass is 9.89. The number of carboxylic acid groups (broad SMARTS) is 1. The Balaban J connectivity index is 0.000000185. The standard InChI is InChI=1S/C17H17ClFNO4.C17H17N3O3/c1-9(2)15-16(21)20(17(22)24-15)13-8-14(11(18)7-12(13)19)23-10-5-3-4-6-10;1-9(2)17(3)16(23)19-14(20-17)13-11(15(21)22)8-10-6-4-5-7-12(10)18-13/h7-8,10H,3-6H2,1-2H3;4-9H,1-3H3,(H,21,22)(H,19,20,23). The van der Waals surface area contributed by atoms with E-state index in [2.05, 4.69) is 15.3 Å². The number of para-hydroxylation sites is 1. The second kappa shape index (κ2) is 13.1. The van der Waals surface area contributed by atoms with Crippen molar-refractivity contribution in [1.82, 2.24) is 10.3 Å². The molecule has 1 unspecified atom stereocenters. The first-order chi connectivity index (χ1) is 22.2. The van der Waals surface area contributed by atoms with Gasteiger partial charge in [-0.3, -0.25) is 9.59 Å². The molecule has 13 heteroatoms. The van der Waals surface area contributed by atoms with Crippen molar-refractivity contribution < 1.29 is 38.1 Å². The number of nitrogens with zero attached hydrogens (tertiary/aromatic N) is 3. The smallest absolute Gasteiger partial charge is 0.427 e. The third-order valence-corrected chi connectivity index (χ3v) is 8.70. The first-order valence-corrected chi connectivity index (χ1v) is 15.5. The minimum absolute atomic E-state index is 0.00962. The molecule has 0 spiro atoms. The van der Waals surface area contributed by atoms with Crippen LogP contribution in [-0.2, 0) is 14.3 Å². The molecule has 1 aromatic heterocycles. The Morgan fingerprint density at radius 1 is 1.15 bits per heavy atom. The molecular formula is C34H34ClFN4O7. The second-order valence-electron chi connectivity index (χ2n) is 12.2. The summed E-state index contributed by atoms with van der Waals surface area (Å²) in [5.41, 5.74) is 0.261. The number of cyclic esters (lactones) is 1. The van der Waals surface area contributed by atoms with E-state index < -0.39 is 29.3 Å². The van der Waals surface area contributed by atoms with Gasteiger partial charge in [0.05, 0.1) is 27.9 Å². The predicted molar refractivity (Wildman–Crippen MR) is 173 cm³/mol. The van der Waals surface area contributed by atoms with Gasteiger partial charge in [-0.05, 0) is 76.1 Å². The van der Waals surface area contributed by atoms with Crippen LogP contribution in [-0.4, -0.2) is 51.4 Å². The van der Waals surface area contributed by atoms with Gasteiger partial charge in [-0.25, -0.2) is 28.9 Å². The van der Waals surface area contributed by atoms with E-state index in [9.17, 15) is 28.7 Å². The number of anilines is 1. The van der Waals surface area contributed by atoms with Crippen molar-refractivity contribution >= 4 is 57.9 Å². The number of hydrogen-bond donors (Lipinski definition) is 2. The van der Waals surface area contributed by atoms with Crippen LogP contribution in [0.3, 0.4) is 0 Å². The summed E-state index contributed by atoms with van der Waals surface area (Å²) in [4.78, 5) is 57.7. The number of amides is 3. The molecule has 0 radical (unpaired) electrons. The highest BCUT2D eigenvalue weighted by Gasteiger charge is 2.43. The van der Waals surface area contributed by atoms with E-state index in [0.29, 0.717) is 16.0 Å². The van der Waals surface area contributed by atoms with Crippen molar-refractivity contribution in [2.75, 3.05) is 4.90 Å². The largest absolute Gasteiger partial charge is 0.489 e. The highest BCUT2D eigenvalue weighted by atomic mass is 35.5. The summed E-state index contributed by atoms with van der Waals surface area (Å²) < 4.78 is 25.1. The lowest BCUT2D eigenvalue weighted by Gasteiger charge is -2.21. The number of hydrogen-bond acceptors (Lipinski definition) is 8. The van der Waals surface area contributed by atoms with Crippen LogP contribution in [0.1, 0.15) is 76.4 Å². The summed E-state index contributed by atoms with van der Waals surface area (Å²) in [6, 6.07) is 11.1. The fourth-order valence-electron chi connectivity index (χ4n) is 5.36. The average Bonchev–Trinajstić information content (AvgIpc) is 3.72. The molecule has 3 aliphatic rings. The number of carbonyl (C=O) groups is 4. The van der Waals surface area contributed by atoms with Crippen LogP contribution in [0.15, 0.2) is 58.8 Å². The number of ether oxygens (including phenoxy) is 2. The Kier molecular flexibility index (Phi) is 9.35. The zero-order valence-corrected chi connectivity index (χ0v) is 27.3. The van der Waals surface area contributed by atoms with E-state index in [-0.39, 0.29) is 57.2 Å². The minimum Gasteiger partial charge on any atom is -0.489 e. The summed E-state index contributed by atoms with van der Waals surface area (Å²) in [5, 5.41) is 13.0. The number of nitrogens with one attached hydrogen (secondary N) is 1. The number of carbonyl (C=O) groups excluding carboxylic acids is 3. The van der Waals surface area contributed by atoms with E-state index in [1.54, 1.807) is 39.0 Å². The quantitative estimate of drug-likeness (QED) is 0.273. The molecule has 11 nitrogen and oxygen atoms in total. The Hall–Kier alpha value is -4.84. The number of aromatic carboxylic acids is 1. The van der Waals surface area contributed by atoms with E-state index >= 15 is 0 Å². The molecule has 1 aliphatic carbocycles. The van der Waals surface area contributed by atoms with Crippen LogP contribution in [0.5, 0.6) is 5.75 Å². The lowest BCUT2D eigenvalue weighted by molar-refractivity contribution is -0.124. The molecule has 2 N–H and O–H groups in total. The van der Waals surface area contributed by atoms with Gasteiger partial charge in [-0.15, -0.1) is 0 Å². The normalized spacial score (nSPS) is 19.5. The van der Waals surface area contributed by atoms with Crippen molar-refractivity contribution in [3.05, 3.63) is 75.9 Å². The first kappa shape index (κ1) is 33.5. The first-order valence-electron chi connectivity index (χ1n) is 15.2. The fraction of sp³-hybridized carbons (Fsp3) is 0.353. The maximum absolute atomic E-state index is 14.3. The van der Waals surface area contributed by atoms with Crippen LogP contribution in [0.25, 0.3) is 10.9 Å². The molecular weight excluding hydrogens is 631 g/mol. The molecule has 2 fully saturated rings. The number of halogens is 2. The van der Waals surface area contributed by atoms with E-state index in [4.69, 9.17) is 21.1 Å². The summed E-state index contributed by atoms with van der Waals surface area (Å²) >= 11 is 6.04. The van der Waals surface area contributed by atoms with Gasteiger partial charge in [0.1, 0.15) is 22.8 Å². The second-order valence-corrected chi connectivity index (χ2v) is 12.6. The molecule has 1 saturated carbocycles. The van der Waals surface area contributed by atoms with Gasteiger partial charge in [-0.1, -0.05) is 43.6 Å². The summed E-state index contributed by atoms with van der Waals surface area (Å²) in [6.45, 7) is 8.81. The Morgan fingerprint density at radius 3 is 2.43 bits per heavy atom. The summed E-state index contributed by atoms with van der Waals surface area (Å²) in [7, 11) is 0. The van der Waals surface area contributed by atoms with Crippen LogP contribution in [0.2, 0.25) is 5.02 Å². The summed E-state index contributed by atoms with van der Waals surface area (Å²) in [6.07, 6.45) is 3.00. The zero-order valence-electron chi connectivity index (χ0n) is 26.5. The molecule has 0 bridgehead atoms. The van der Waals surface area contributed by atoms with Gasteiger partial charge in [0.15, 0.2) is 11.6 Å². The molecule has 1 atom stereocenters. The Bertz CT molecular complexity index is 1860. The molecule has 3 aromatic rings. The highest BCUT2D eigenvalue weighted by molar-refractivity contribution is 6.32. The van der Waals surface area contributed by atoms with Gasteiger partial charge >= 0.3 is 18.0 Å². The molecule has 246 valence electrons. The number of carboxylic acids is 1. The highest BCUT2D eigenvalue weighted by Crippen LogP contribution is 2.37. The number of allylic oxidation sites excluding steroid dienone is 1. The predicted octanol–water partition coefficient (Wildman–Crippen LogP) is 6.80. The fourth-order valence-corrected chi connectivity index (χ4v) is 5.55. The maximum atomic E-state index is 14.3. The Labute approximate surface area is 275 Å². The van der Waals surface area contributed by atoms with Crippen molar-refractivity contribution in [1.29, 1.82) is 0 Å². The van der Waals surface area contributed by atoms with Crippen LogP contribution >= 0.6 is 11.6 Å². The van der Waals surface area contributed by atoms with Gasteiger partial charge in [0.2, 0.25) is 0 Å². The number of fused-ring (bicyclic) bond motifs is 1. The van der Waals surface area contributed by atoms with Gasteiger partial charge < -0.3 is 19.9 Å². The summed E-state index contributed by atoms with van der Waals surface area (Å²) in [5.74, 6) is -2.48. The minimum atomic E-state index is -1.10. The molecule has 47 heavy (non-hydrogen) atoms. The third-order valence-electron chi connectivity index (χ3n) is 8.40. The molecule has 2 aliphatic heterocycles. The van der Waals surface area contributed by atoms with E-state index in [1.165, 1.54) is 6.07 Å². The molecule has 1 saturated heterocycles. The van der Waals surface area contributed by atoms with Crippen LogP contribution < -0.4 is 15.0 Å². The lowest BCUT2D eigenvalue weighted by Crippen LogP contribution is -2.41. The molecule has 2 aromatic carbocycles. The molecule has 3 amide bonds. The van der Waals surface area contributed by atoms with Crippen molar-refractivity contribution in [2.24, 2.45) is 10.9 Å². The maximum Gasteiger partial charge on any atom is 0.427 e. The van der Waals surface area contributed by atoms with Gasteiger partial charge in [-0.2, -0.15) is 0 Å². The zero-order chi connectivity index (χ0) is 34.2. The number of pyridine rings is 1. The van der Waals surface area contributed by atoms with Crippen LogP contribution in [0, 0.1) is 11.7 Å². The number of aliphatic imine (C=N–C) groups is 1. The van der Waals surface area contributed by atoms with Crippen molar-refractivity contribution in [3.8, 4) is 5.75 Å². The number of aromatic nitrogens is 1. The number of imide groups is 1. The number of benzene rings is 2. The van der Waals surface area contributed by atoms with Crippen LogP contribution in [0.4, 0.5) is 14.9 Å². The SMILES string of the molecule is CC(C)=C1OC(=O)N(c2cc(OC3CCCC3)c(Cl)cc2F)C1=O.CC(C)C1(C)N=C(c2nc3ccccc3cc2C(=O)O)NC1=O.